The molecule has 1 aliphatic heterocycles. The van der Waals surface area contributed by atoms with Crippen LogP contribution in [-0.2, 0) is 39.0 Å². The maximum Gasteiger partial charge on any atom is 0.0891 e. The number of hydrogen-bond donors (Lipinski definition) is 0. The minimum atomic E-state index is -0.160. The first-order chi connectivity index (χ1) is 25.5. The van der Waals surface area contributed by atoms with Gasteiger partial charge in [-0.25, -0.2) is 0 Å². The van der Waals surface area contributed by atoms with E-state index in [1.807, 2.05) is 0 Å². The van der Waals surface area contributed by atoms with Crippen molar-refractivity contribution in [2.45, 2.75) is 68.2 Å². The molecule has 6 aromatic carbocycles. The van der Waals surface area contributed by atoms with Crippen molar-refractivity contribution in [3.05, 3.63) is 177 Å². The summed E-state index contributed by atoms with van der Waals surface area (Å²) in [6, 6.07) is 44.7. The second-order valence-corrected chi connectivity index (χ2v) is 18.0. The Morgan fingerprint density at radius 1 is 0.426 bits per heavy atom. The Balaban J connectivity index is 0.000000140. The third kappa shape index (κ3) is 8.72. The summed E-state index contributed by atoms with van der Waals surface area (Å²) in [4.78, 5) is 0. The van der Waals surface area contributed by atoms with Crippen molar-refractivity contribution in [2.24, 2.45) is 11.8 Å². The van der Waals surface area contributed by atoms with Gasteiger partial charge in [0, 0.05) is 26.2 Å². The minimum absolute atomic E-state index is 0. The summed E-state index contributed by atoms with van der Waals surface area (Å²) < 4.78 is 0. The van der Waals surface area contributed by atoms with Crippen LogP contribution in [0.25, 0.3) is 45.5 Å². The van der Waals surface area contributed by atoms with Crippen LogP contribution < -0.4 is 10.4 Å². The first kappa shape index (κ1) is 39.6. The Morgan fingerprint density at radius 3 is 1.15 bits per heavy atom. The van der Waals surface area contributed by atoms with E-state index >= 15 is 0 Å². The summed E-state index contributed by atoms with van der Waals surface area (Å²) in [5.41, 5.74) is 22.7. The van der Waals surface area contributed by atoms with Gasteiger partial charge in [-0.3, -0.25) is 0 Å². The van der Waals surface area contributed by atoms with Gasteiger partial charge in [0.05, 0.1) is 9.52 Å². The predicted molar refractivity (Wildman–Crippen MR) is 235 cm³/mol. The summed E-state index contributed by atoms with van der Waals surface area (Å²) in [5, 5.41) is 3.20. The van der Waals surface area contributed by atoms with Gasteiger partial charge in [-0.2, -0.15) is 0 Å². The largest absolute Gasteiger partial charge is 0.0891 e. The molecule has 9 rings (SSSR count). The van der Waals surface area contributed by atoms with Gasteiger partial charge in [0.15, 0.2) is 0 Å². The molecule has 0 N–H and O–H groups in total. The Morgan fingerprint density at radius 2 is 0.778 bits per heavy atom. The second kappa shape index (κ2) is 17.1. The topological polar surface area (TPSA) is 0 Å². The van der Waals surface area contributed by atoms with Gasteiger partial charge in [-0.1, -0.05) is 205 Å². The van der Waals surface area contributed by atoms with Gasteiger partial charge < -0.3 is 0 Å². The van der Waals surface area contributed by atoms with Gasteiger partial charge in [0.1, 0.15) is 0 Å². The smallest absolute Gasteiger partial charge is 0.0627 e. The Labute approximate surface area is 346 Å². The summed E-state index contributed by atoms with van der Waals surface area (Å²) in [6.07, 6.45) is 7.05. The Bertz CT molecular complexity index is 2160. The zero-order chi connectivity index (χ0) is 37.2. The third-order valence-electron chi connectivity index (χ3n) is 11.1. The van der Waals surface area contributed by atoms with Crippen molar-refractivity contribution < 1.29 is 26.2 Å². The zero-order valence-electron chi connectivity index (χ0n) is 33.5. The first-order valence-electron chi connectivity index (χ1n) is 19.5. The molecular formula is C52H54SiZr. The number of hydrogen-bond acceptors (Lipinski definition) is 0. The molecule has 2 aliphatic carbocycles. The van der Waals surface area contributed by atoms with E-state index in [1.165, 1.54) is 77.9 Å². The van der Waals surface area contributed by atoms with Gasteiger partial charge >= 0.3 is 0 Å². The van der Waals surface area contributed by atoms with Crippen molar-refractivity contribution in [1.29, 1.82) is 0 Å². The van der Waals surface area contributed by atoms with E-state index in [2.05, 4.69) is 189 Å². The standard InChI is InChI=1S/2C20H22.C12H10Si.Zr/c2*1-13(2)17-11-16-6-5-7-19(20(16)12-17)18-9-14(3)8-15(4)10-18;1-3-7-11-9(5-1)10-6-2-4-8-12(10)13-11;/h2*5-10,12-13H,11H2,1-4H3;1-8H,13H2;. The molecule has 6 aromatic rings. The predicted octanol–water partition coefficient (Wildman–Crippen LogP) is 11.9. The van der Waals surface area contributed by atoms with E-state index in [1.54, 1.807) is 21.5 Å². The molecule has 3 aliphatic rings. The van der Waals surface area contributed by atoms with Crippen LogP contribution in [0.5, 0.6) is 0 Å². The molecule has 0 aromatic heterocycles. The zero-order valence-corrected chi connectivity index (χ0v) is 37.3. The molecule has 2 heteroatoms. The molecule has 0 amide bonds. The SMILES string of the molecule is Cc1cc(C)cc(-c2cccc3c2C=C(C(C)C)C3)c1.Cc1cc(C)cc(-c2cccc3c2C=C(C(C)C)C3)c1.[Zr].c1ccc2c(c1)[SiH2]c1ccccc1-2. The van der Waals surface area contributed by atoms with Crippen LogP contribution in [0.1, 0.15) is 72.2 Å². The molecule has 1 heterocycles. The fourth-order valence-corrected chi connectivity index (χ4v) is 10.3. The van der Waals surface area contributed by atoms with Gasteiger partial charge in [0.25, 0.3) is 0 Å². The van der Waals surface area contributed by atoms with E-state index in [9.17, 15) is 0 Å². The maximum absolute atomic E-state index is 2.41. The van der Waals surface area contributed by atoms with Crippen molar-refractivity contribution in [3.63, 3.8) is 0 Å². The summed E-state index contributed by atoms with van der Waals surface area (Å²) in [7, 11) is -0.160. The first-order valence-corrected chi connectivity index (χ1v) is 20.9. The normalized spacial score (nSPS) is 13.0. The van der Waals surface area contributed by atoms with E-state index < -0.39 is 0 Å². The molecule has 0 saturated carbocycles. The van der Waals surface area contributed by atoms with Crippen molar-refractivity contribution in [3.8, 4) is 33.4 Å². The number of allylic oxidation sites excluding steroid dienone is 2. The van der Waals surface area contributed by atoms with Gasteiger partial charge in [0.2, 0.25) is 0 Å². The Hall–Kier alpha value is -4.10. The molecule has 0 nitrogen and oxygen atoms in total. The molecule has 270 valence electrons. The summed E-state index contributed by atoms with van der Waals surface area (Å²) >= 11 is 0. The Kier molecular flexibility index (Phi) is 12.6. The molecule has 0 saturated heterocycles. The van der Waals surface area contributed by atoms with Gasteiger partial charge in [-0.15, -0.1) is 0 Å². The van der Waals surface area contributed by atoms with Crippen LogP contribution in [-0.4, -0.2) is 9.52 Å². The average Bonchev–Trinajstić information content (AvgIpc) is 3.87. The third-order valence-corrected chi connectivity index (χ3v) is 13.1. The van der Waals surface area contributed by atoms with Crippen LogP contribution in [0.2, 0.25) is 0 Å². The molecule has 54 heavy (non-hydrogen) atoms. The van der Waals surface area contributed by atoms with Crippen LogP contribution in [0.4, 0.5) is 0 Å². The second-order valence-electron chi connectivity index (χ2n) is 16.1. The molecule has 0 unspecified atom stereocenters. The van der Waals surface area contributed by atoms with Gasteiger partial charge in [-0.05, 0) is 108 Å². The molecule has 0 spiro atoms. The van der Waals surface area contributed by atoms with Crippen LogP contribution in [0.15, 0.2) is 132 Å². The molecule has 0 fully saturated rings. The number of fused-ring (bicyclic) bond motifs is 5. The van der Waals surface area contributed by atoms with E-state index in [-0.39, 0.29) is 35.7 Å². The minimum Gasteiger partial charge on any atom is -0.0627 e. The summed E-state index contributed by atoms with van der Waals surface area (Å²) in [6.45, 7) is 17.8. The summed E-state index contributed by atoms with van der Waals surface area (Å²) in [5.74, 6) is 1.27. The fourth-order valence-electron chi connectivity index (χ4n) is 8.37. The van der Waals surface area contributed by atoms with Crippen molar-refractivity contribution in [2.75, 3.05) is 0 Å². The average molecular weight is 798 g/mol. The van der Waals surface area contributed by atoms with E-state index in [0.29, 0.717) is 11.8 Å². The van der Waals surface area contributed by atoms with Crippen molar-refractivity contribution >= 4 is 32.0 Å². The molecule has 0 bridgehead atoms. The van der Waals surface area contributed by atoms with E-state index in [0.717, 1.165) is 12.8 Å². The quantitative estimate of drug-likeness (QED) is 0.156. The monoisotopic (exact) mass is 796 g/mol. The van der Waals surface area contributed by atoms with Crippen molar-refractivity contribution in [1.82, 2.24) is 0 Å². The van der Waals surface area contributed by atoms with Crippen LogP contribution >= 0.6 is 0 Å². The molecular weight excluding hydrogens is 744 g/mol. The number of rotatable bonds is 4. The van der Waals surface area contributed by atoms with Crippen LogP contribution in [0, 0.1) is 39.5 Å². The van der Waals surface area contributed by atoms with Crippen LogP contribution in [0.3, 0.4) is 0 Å². The van der Waals surface area contributed by atoms with E-state index in [4.69, 9.17) is 0 Å². The number of benzene rings is 6. The molecule has 0 radical (unpaired) electrons. The maximum atomic E-state index is 2.41. The fraction of sp³-hybridized carbons (Fsp3) is 0.231. The molecule has 0 atom stereocenters. The number of aryl methyl sites for hydroxylation is 4.